The maximum Gasteiger partial charge on any atom is 0.230 e. The second-order valence-corrected chi connectivity index (χ2v) is 5.48. The van der Waals surface area contributed by atoms with Crippen molar-refractivity contribution in [3.8, 4) is 0 Å². The van der Waals surface area contributed by atoms with E-state index in [1.165, 1.54) is 0 Å². The van der Waals surface area contributed by atoms with Crippen LogP contribution >= 0.6 is 0 Å². The van der Waals surface area contributed by atoms with Gasteiger partial charge in [-0.25, -0.2) is 0 Å². The molecule has 1 atom stereocenters. The van der Waals surface area contributed by atoms with Crippen molar-refractivity contribution in [3.63, 3.8) is 0 Å². The largest absolute Gasteiger partial charge is 0.369 e. The molecule has 2 heterocycles. The molecule has 2 aliphatic heterocycles. The Morgan fingerprint density at radius 1 is 1.39 bits per heavy atom. The van der Waals surface area contributed by atoms with Crippen LogP contribution in [0, 0.1) is 11.3 Å². The second-order valence-electron chi connectivity index (χ2n) is 5.48. The minimum Gasteiger partial charge on any atom is -0.369 e. The molecule has 0 saturated carbocycles. The minimum absolute atomic E-state index is 0.00349. The van der Waals surface area contributed by atoms with E-state index in [0.717, 1.165) is 0 Å². The molecular formula is C12H19N3O3. The van der Waals surface area contributed by atoms with E-state index in [9.17, 15) is 14.4 Å². The molecule has 2 aliphatic rings. The fourth-order valence-corrected chi connectivity index (χ4v) is 2.67. The predicted molar refractivity (Wildman–Crippen MR) is 64.2 cm³/mol. The number of amides is 3. The van der Waals surface area contributed by atoms with Gasteiger partial charge in [0, 0.05) is 32.0 Å². The van der Waals surface area contributed by atoms with Crippen molar-refractivity contribution in [1.29, 1.82) is 0 Å². The number of nitrogens with zero attached hydrogens (tertiary/aromatic N) is 1. The van der Waals surface area contributed by atoms with E-state index in [1.54, 1.807) is 4.90 Å². The van der Waals surface area contributed by atoms with Crippen LogP contribution in [0.3, 0.4) is 0 Å². The molecule has 0 aliphatic carbocycles. The average Bonchev–Trinajstić information content (AvgIpc) is 2.70. The molecular weight excluding hydrogens is 234 g/mol. The van der Waals surface area contributed by atoms with Gasteiger partial charge in [-0.05, 0) is 19.8 Å². The summed E-state index contributed by atoms with van der Waals surface area (Å²) in [4.78, 5) is 36.4. The van der Waals surface area contributed by atoms with Gasteiger partial charge in [-0.3, -0.25) is 14.4 Å². The molecule has 0 radical (unpaired) electrons. The van der Waals surface area contributed by atoms with Crippen molar-refractivity contribution in [2.75, 3.05) is 19.6 Å². The van der Waals surface area contributed by atoms with Gasteiger partial charge in [-0.1, -0.05) is 0 Å². The van der Waals surface area contributed by atoms with E-state index in [-0.39, 0.29) is 30.1 Å². The highest BCUT2D eigenvalue weighted by Crippen LogP contribution is 2.30. The van der Waals surface area contributed by atoms with E-state index in [1.807, 2.05) is 6.92 Å². The summed E-state index contributed by atoms with van der Waals surface area (Å²) >= 11 is 0. The Kier molecular flexibility index (Phi) is 3.28. The summed E-state index contributed by atoms with van der Waals surface area (Å²) < 4.78 is 0. The lowest BCUT2D eigenvalue weighted by Gasteiger charge is -2.35. The Morgan fingerprint density at radius 2 is 2.00 bits per heavy atom. The SMILES string of the molecule is CC1(C(=O)N2CCC(C(N)=O)CC2)CNC(=O)C1. The van der Waals surface area contributed by atoms with Crippen LogP contribution in [0.2, 0.25) is 0 Å². The number of nitrogens with one attached hydrogen (secondary N) is 1. The van der Waals surface area contributed by atoms with Gasteiger partial charge in [0.25, 0.3) is 0 Å². The number of primary amides is 1. The van der Waals surface area contributed by atoms with Gasteiger partial charge in [0.15, 0.2) is 0 Å². The van der Waals surface area contributed by atoms with Gasteiger partial charge >= 0.3 is 0 Å². The third-order valence-electron chi connectivity index (χ3n) is 3.93. The molecule has 0 aromatic rings. The maximum atomic E-state index is 12.4. The molecule has 100 valence electrons. The van der Waals surface area contributed by atoms with Gasteiger partial charge in [-0.15, -0.1) is 0 Å². The summed E-state index contributed by atoms with van der Waals surface area (Å²) in [6.45, 7) is 3.32. The average molecular weight is 253 g/mol. The Bertz CT molecular complexity index is 388. The van der Waals surface area contributed by atoms with Crippen LogP contribution in [0.5, 0.6) is 0 Å². The summed E-state index contributed by atoms with van der Waals surface area (Å²) in [5.74, 6) is -0.474. The summed E-state index contributed by atoms with van der Waals surface area (Å²) in [6.07, 6.45) is 1.50. The van der Waals surface area contributed by atoms with Crippen molar-refractivity contribution < 1.29 is 14.4 Å². The van der Waals surface area contributed by atoms with E-state index < -0.39 is 5.41 Å². The number of likely N-dealkylation sites (tertiary alicyclic amines) is 1. The number of carbonyl (C=O) groups excluding carboxylic acids is 3. The Hall–Kier alpha value is -1.59. The number of hydrogen-bond donors (Lipinski definition) is 2. The van der Waals surface area contributed by atoms with Gasteiger partial charge in [0.1, 0.15) is 0 Å². The van der Waals surface area contributed by atoms with Crippen LogP contribution < -0.4 is 11.1 Å². The fraction of sp³-hybridized carbons (Fsp3) is 0.750. The molecule has 6 nitrogen and oxygen atoms in total. The highest BCUT2D eigenvalue weighted by Gasteiger charge is 2.43. The van der Waals surface area contributed by atoms with Crippen LogP contribution in [0.15, 0.2) is 0 Å². The predicted octanol–water partition coefficient (Wildman–Crippen LogP) is -0.763. The molecule has 6 heteroatoms. The van der Waals surface area contributed by atoms with Crippen molar-refractivity contribution in [2.24, 2.45) is 17.1 Å². The van der Waals surface area contributed by atoms with Gasteiger partial charge in [0.2, 0.25) is 17.7 Å². The lowest BCUT2D eigenvalue weighted by atomic mass is 9.86. The van der Waals surface area contributed by atoms with Crippen LogP contribution in [-0.4, -0.2) is 42.3 Å². The molecule has 0 aromatic heterocycles. The first-order valence-electron chi connectivity index (χ1n) is 6.28. The maximum absolute atomic E-state index is 12.4. The zero-order valence-electron chi connectivity index (χ0n) is 10.6. The van der Waals surface area contributed by atoms with Crippen molar-refractivity contribution in [3.05, 3.63) is 0 Å². The lowest BCUT2D eigenvalue weighted by molar-refractivity contribution is -0.143. The number of piperidine rings is 1. The van der Waals surface area contributed by atoms with E-state index >= 15 is 0 Å². The third-order valence-corrected chi connectivity index (χ3v) is 3.93. The van der Waals surface area contributed by atoms with Gasteiger partial charge < -0.3 is 16.0 Å². The van der Waals surface area contributed by atoms with Gasteiger partial charge in [-0.2, -0.15) is 0 Å². The molecule has 18 heavy (non-hydrogen) atoms. The smallest absolute Gasteiger partial charge is 0.230 e. The number of carbonyl (C=O) groups is 3. The zero-order chi connectivity index (χ0) is 13.3. The number of rotatable bonds is 2. The van der Waals surface area contributed by atoms with Gasteiger partial charge in [0.05, 0.1) is 5.41 Å². The van der Waals surface area contributed by atoms with Crippen LogP contribution in [-0.2, 0) is 14.4 Å². The molecule has 0 spiro atoms. The Labute approximate surface area is 106 Å². The normalized spacial score (nSPS) is 29.2. The molecule has 0 aromatic carbocycles. The standard InChI is InChI=1S/C12H19N3O3/c1-12(6-9(16)14-7-12)11(18)15-4-2-8(3-5-15)10(13)17/h8H,2-7H2,1H3,(H2,13,17)(H,14,16). The molecule has 2 fully saturated rings. The zero-order valence-corrected chi connectivity index (χ0v) is 10.6. The quantitative estimate of drug-likeness (QED) is 0.677. The number of nitrogens with two attached hydrogens (primary N) is 1. The summed E-state index contributed by atoms with van der Waals surface area (Å²) in [7, 11) is 0. The minimum atomic E-state index is -0.628. The summed E-state index contributed by atoms with van der Waals surface area (Å²) in [6, 6.07) is 0. The molecule has 2 rings (SSSR count). The molecule has 0 bridgehead atoms. The summed E-state index contributed by atoms with van der Waals surface area (Å²) in [5, 5.41) is 2.70. The Morgan fingerprint density at radius 3 is 2.44 bits per heavy atom. The third kappa shape index (κ3) is 2.32. The van der Waals surface area contributed by atoms with E-state index in [2.05, 4.69) is 5.32 Å². The van der Waals surface area contributed by atoms with E-state index in [0.29, 0.717) is 32.5 Å². The Balaban J connectivity index is 1.95. The topological polar surface area (TPSA) is 92.5 Å². The summed E-state index contributed by atoms with van der Waals surface area (Å²) in [5.41, 5.74) is 4.63. The van der Waals surface area contributed by atoms with Crippen LogP contribution in [0.1, 0.15) is 26.2 Å². The molecule has 3 N–H and O–H groups in total. The van der Waals surface area contributed by atoms with Crippen molar-refractivity contribution in [2.45, 2.75) is 26.2 Å². The first-order chi connectivity index (χ1) is 8.42. The first-order valence-corrected chi connectivity index (χ1v) is 6.28. The highest BCUT2D eigenvalue weighted by molar-refractivity contribution is 5.92. The molecule has 3 amide bonds. The van der Waals surface area contributed by atoms with E-state index in [4.69, 9.17) is 5.73 Å². The molecule has 1 unspecified atom stereocenters. The molecule has 2 saturated heterocycles. The van der Waals surface area contributed by atoms with Crippen LogP contribution in [0.4, 0.5) is 0 Å². The lowest BCUT2D eigenvalue weighted by Crippen LogP contribution is -2.48. The monoisotopic (exact) mass is 253 g/mol. The fourth-order valence-electron chi connectivity index (χ4n) is 2.67. The second kappa shape index (κ2) is 4.59. The van der Waals surface area contributed by atoms with Crippen LogP contribution in [0.25, 0.3) is 0 Å². The highest BCUT2D eigenvalue weighted by atomic mass is 16.2. The number of hydrogen-bond acceptors (Lipinski definition) is 3. The van der Waals surface area contributed by atoms with Crippen molar-refractivity contribution >= 4 is 17.7 Å². The first kappa shape index (κ1) is 12.9. The van der Waals surface area contributed by atoms with Crippen molar-refractivity contribution in [1.82, 2.24) is 10.2 Å².